The van der Waals surface area contributed by atoms with Crippen LogP contribution >= 0.6 is 0 Å². The summed E-state index contributed by atoms with van der Waals surface area (Å²) in [5.74, 6) is -0.911. The van der Waals surface area contributed by atoms with Crippen LogP contribution in [0.3, 0.4) is 0 Å². The van der Waals surface area contributed by atoms with Crippen LogP contribution in [0.25, 0.3) is 0 Å². The van der Waals surface area contributed by atoms with Gasteiger partial charge in [-0.25, -0.2) is 0 Å². The van der Waals surface area contributed by atoms with Gasteiger partial charge in [0, 0.05) is 0 Å². The number of carbonyl (C=O) groups excluding carboxylic acids is 2. The molecule has 1 unspecified atom stereocenters. The van der Waals surface area contributed by atoms with Crippen LogP contribution in [0.5, 0.6) is 5.75 Å². The zero-order valence-electron chi connectivity index (χ0n) is 9.34. The number of methoxy groups -OCH3 is 1. The molecule has 4 N–H and O–H groups in total. The fourth-order valence-electron chi connectivity index (χ4n) is 1.22. The Morgan fingerprint density at radius 3 is 2.71 bits per heavy atom. The van der Waals surface area contributed by atoms with Crippen molar-refractivity contribution in [2.75, 3.05) is 13.7 Å². The normalized spacial score (nSPS) is 11.6. The fourth-order valence-corrected chi connectivity index (χ4v) is 1.22. The maximum absolute atomic E-state index is 11.7. The predicted molar refractivity (Wildman–Crippen MR) is 60.5 cm³/mol. The third-order valence-corrected chi connectivity index (χ3v) is 2.14. The Balaban J connectivity index is 2.67. The molecule has 2 amide bonds. The van der Waals surface area contributed by atoms with E-state index in [2.05, 4.69) is 5.32 Å². The van der Waals surface area contributed by atoms with Crippen LogP contribution in [0, 0.1) is 0 Å². The average molecular weight is 238 g/mol. The highest BCUT2D eigenvalue weighted by molar-refractivity contribution is 5.97. The van der Waals surface area contributed by atoms with Gasteiger partial charge in [-0.2, -0.15) is 0 Å². The van der Waals surface area contributed by atoms with Crippen LogP contribution in [0.2, 0.25) is 0 Å². The number of aliphatic hydroxyl groups is 1. The van der Waals surface area contributed by atoms with Gasteiger partial charge in [0.15, 0.2) is 0 Å². The molecule has 1 atom stereocenters. The smallest absolute Gasteiger partial charge is 0.255 e. The third kappa shape index (κ3) is 3.46. The summed E-state index contributed by atoms with van der Waals surface area (Å²) >= 11 is 0. The zero-order valence-corrected chi connectivity index (χ0v) is 9.34. The molecule has 0 aromatic heterocycles. The first-order valence-electron chi connectivity index (χ1n) is 4.95. The number of nitrogens with one attached hydrogen (secondary N) is 1. The Kier molecular flexibility index (Phi) is 4.47. The van der Waals surface area contributed by atoms with Gasteiger partial charge in [0.1, 0.15) is 11.9 Å². The van der Waals surface area contributed by atoms with Crippen molar-refractivity contribution in [2.45, 2.75) is 6.10 Å². The number of hydrogen-bond acceptors (Lipinski definition) is 4. The number of hydrogen-bond donors (Lipinski definition) is 3. The van der Waals surface area contributed by atoms with Gasteiger partial charge in [0.2, 0.25) is 5.91 Å². The predicted octanol–water partition coefficient (Wildman–Crippen LogP) is -0.729. The lowest BCUT2D eigenvalue weighted by Crippen LogP contribution is -2.40. The molecule has 0 aliphatic heterocycles. The van der Waals surface area contributed by atoms with E-state index >= 15 is 0 Å². The number of ether oxygens (including phenoxy) is 1. The second-order valence-corrected chi connectivity index (χ2v) is 3.33. The first-order valence-corrected chi connectivity index (χ1v) is 4.95. The van der Waals surface area contributed by atoms with Crippen molar-refractivity contribution in [3.05, 3.63) is 29.8 Å². The van der Waals surface area contributed by atoms with Crippen molar-refractivity contribution in [1.29, 1.82) is 0 Å². The Morgan fingerprint density at radius 1 is 1.47 bits per heavy atom. The van der Waals surface area contributed by atoms with E-state index in [-0.39, 0.29) is 6.54 Å². The summed E-state index contributed by atoms with van der Waals surface area (Å²) in [6, 6.07) is 6.63. The molecule has 0 fully saturated rings. The van der Waals surface area contributed by atoms with E-state index in [1.165, 1.54) is 7.11 Å². The van der Waals surface area contributed by atoms with E-state index in [0.717, 1.165) is 0 Å². The standard InChI is InChI=1S/C11H14N2O4/c1-17-9-5-3-2-4-7(9)11(16)13-6-8(14)10(12)15/h2-5,8,14H,6H2,1H3,(H2,12,15)(H,13,16). The van der Waals surface area contributed by atoms with Gasteiger partial charge in [-0.1, -0.05) is 12.1 Å². The van der Waals surface area contributed by atoms with E-state index in [4.69, 9.17) is 15.6 Å². The molecule has 1 rings (SSSR count). The maximum atomic E-state index is 11.7. The molecular formula is C11H14N2O4. The molecule has 0 aliphatic carbocycles. The number of amides is 2. The highest BCUT2D eigenvalue weighted by Gasteiger charge is 2.15. The molecule has 0 spiro atoms. The summed E-state index contributed by atoms with van der Waals surface area (Å²) in [5, 5.41) is 11.5. The molecule has 92 valence electrons. The van der Waals surface area contributed by atoms with Crippen molar-refractivity contribution in [3.8, 4) is 5.75 Å². The van der Waals surface area contributed by atoms with Crippen molar-refractivity contribution in [2.24, 2.45) is 5.73 Å². The van der Waals surface area contributed by atoms with E-state index < -0.39 is 17.9 Å². The van der Waals surface area contributed by atoms with Crippen LogP contribution in [-0.2, 0) is 4.79 Å². The molecule has 1 aromatic rings. The van der Waals surface area contributed by atoms with Gasteiger partial charge in [-0.3, -0.25) is 9.59 Å². The Morgan fingerprint density at radius 2 is 2.12 bits per heavy atom. The monoisotopic (exact) mass is 238 g/mol. The lowest BCUT2D eigenvalue weighted by Gasteiger charge is -2.10. The third-order valence-electron chi connectivity index (χ3n) is 2.14. The summed E-state index contributed by atoms with van der Waals surface area (Å²) in [6.45, 7) is -0.230. The fraction of sp³-hybridized carbons (Fsp3) is 0.273. The lowest BCUT2D eigenvalue weighted by atomic mass is 10.2. The Hall–Kier alpha value is -2.08. The summed E-state index contributed by atoms with van der Waals surface area (Å²) in [6.07, 6.45) is -1.39. The van der Waals surface area contributed by atoms with Crippen molar-refractivity contribution in [3.63, 3.8) is 0 Å². The molecule has 0 saturated carbocycles. The summed E-state index contributed by atoms with van der Waals surface area (Å²) < 4.78 is 5.01. The van der Waals surface area contributed by atoms with Gasteiger partial charge in [0.05, 0.1) is 19.2 Å². The molecule has 0 radical (unpaired) electrons. The minimum absolute atomic E-state index is 0.230. The van der Waals surface area contributed by atoms with Crippen LogP contribution in [0.15, 0.2) is 24.3 Å². The van der Waals surface area contributed by atoms with Gasteiger partial charge in [-0.15, -0.1) is 0 Å². The second-order valence-electron chi connectivity index (χ2n) is 3.33. The molecule has 6 heteroatoms. The molecule has 0 aliphatic rings. The topological polar surface area (TPSA) is 102 Å². The molecule has 0 bridgehead atoms. The first-order chi connectivity index (χ1) is 8.06. The highest BCUT2D eigenvalue weighted by Crippen LogP contribution is 2.16. The van der Waals surface area contributed by atoms with Crippen LogP contribution < -0.4 is 15.8 Å². The van der Waals surface area contributed by atoms with Gasteiger partial charge < -0.3 is 20.9 Å². The molecule has 0 heterocycles. The number of carbonyl (C=O) groups is 2. The van der Waals surface area contributed by atoms with Gasteiger partial charge in [0.25, 0.3) is 5.91 Å². The van der Waals surface area contributed by atoms with Crippen LogP contribution in [0.4, 0.5) is 0 Å². The molecule has 6 nitrogen and oxygen atoms in total. The van der Waals surface area contributed by atoms with E-state index in [0.29, 0.717) is 11.3 Å². The van der Waals surface area contributed by atoms with E-state index in [1.54, 1.807) is 24.3 Å². The second kappa shape index (κ2) is 5.86. The van der Waals surface area contributed by atoms with Crippen molar-refractivity contribution < 1.29 is 19.4 Å². The number of primary amides is 1. The van der Waals surface area contributed by atoms with Gasteiger partial charge in [-0.05, 0) is 12.1 Å². The Bertz CT molecular complexity index is 420. The molecular weight excluding hydrogens is 224 g/mol. The molecule has 1 aromatic carbocycles. The minimum atomic E-state index is -1.39. The van der Waals surface area contributed by atoms with Crippen LogP contribution in [0.1, 0.15) is 10.4 Å². The summed E-state index contributed by atoms with van der Waals surface area (Å²) in [5.41, 5.74) is 5.18. The average Bonchev–Trinajstić information content (AvgIpc) is 2.35. The number of nitrogens with two attached hydrogens (primary N) is 1. The lowest BCUT2D eigenvalue weighted by molar-refractivity contribution is -0.125. The number of benzene rings is 1. The minimum Gasteiger partial charge on any atom is -0.496 e. The summed E-state index contributed by atoms with van der Waals surface area (Å²) in [4.78, 5) is 22.3. The maximum Gasteiger partial charge on any atom is 0.255 e. The van der Waals surface area contributed by atoms with Crippen molar-refractivity contribution >= 4 is 11.8 Å². The molecule has 17 heavy (non-hydrogen) atoms. The highest BCUT2D eigenvalue weighted by atomic mass is 16.5. The van der Waals surface area contributed by atoms with Gasteiger partial charge >= 0.3 is 0 Å². The quantitative estimate of drug-likeness (QED) is 0.629. The largest absolute Gasteiger partial charge is 0.496 e. The number of para-hydroxylation sites is 1. The van der Waals surface area contributed by atoms with Crippen LogP contribution in [-0.4, -0.2) is 36.7 Å². The Labute approximate surface area is 98.4 Å². The summed E-state index contributed by atoms with van der Waals surface area (Å²) in [7, 11) is 1.45. The SMILES string of the molecule is COc1ccccc1C(=O)NCC(O)C(N)=O. The van der Waals surface area contributed by atoms with Crippen molar-refractivity contribution in [1.82, 2.24) is 5.32 Å². The zero-order chi connectivity index (χ0) is 12.8. The molecule has 0 saturated heterocycles. The van der Waals surface area contributed by atoms with E-state index in [1.807, 2.05) is 0 Å². The van der Waals surface area contributed by atoms with E-state index in [9.17, 15) is 9.59 Å². The first kappa shape index (κ1) is 13.0. The number of aliphatic hydroxyl groups excluding tert-OH is 1. The number of rotatable bonds is 5.